The Labute approximate surface area is 138 Å². The van der Waals surface area contributed by atoms with Crippen molar-refractivity contribution < 1.29 is 4.79 Å². The summed E-state index contributed by atoms with van der Waals surface area (Å²) in [4.78, 5) is 15.6. The van der Waals surface area contributed by atoms with E-state index in [2.05, 4.69) is 16.3 Å². The van der Waals surface area contributed by atoms with Gasteiger partial charge in [0.2, 0.25) is 0 Å². The number of amides is 1. The minimum Gasteiger partial charge on any atom is -0.396 e. The standard InChI is InChI=1S/C17H18N4OS/c1-11(10-12-6-5-9-23-12)21(2)17(22)16-15(18)13-7-3-4-8-14(13)19-20-16/h3-9,11H,10H2,1-2H3,(H2,18,19). The summed E-state index contributed by atoms with van der Waals surface area (Å²) in [5.74, 6) is -0.204. The van der Waals surface area contributed by atoms with Gasteiger partial charge in [0.1, 0.15) is 0 Å². The van der Waals surface area contributed by atoms with Crippen molar-refractivity contribution >= 4 is 33.8 Å². The predicted octanol–water partition coefficient (Wildman–Crippen LogP) is 2.98. The third-order valence-electron chi connectivity index (χ3n) is 3.97. The van der Waals surface area contributed by atoms with Gasteiger partial charge in [-0.2, -0.15) is 0 Å². The van der Waals surface area contributed by atoms with Crippen LogP contribution >= 0.6 is 11.3 Å². The molecule has 5 nitrogen and oxygen atoms in total. The highest BCUT2D eigenvalue weighted by molar-refractivity contribution is 7.09. The number of fused-ring (bicyclic) bond motifs is 1. The lowest BCUT2D eigenvalue weighted by atomic mass is 10.1. The molecule has 0 fully saturated rings. The van der Waals surface area contributed by atoms with Gasteiger partial charge in [-0.05, 0) is 24.4 Å². The van der Waals surface area contributed by atoms with Gasteiger partial charge in [0.15, 0.2) is 5.69 Å². The summed E-state index contributed by atoms with van der Waals surface area (Å²) in [5, 5.41) is 10.9. The highest BCUT2D eigenvalue weighted by Crippen LogP contribution is 2.22. The number of thiophene rings is 1. The van der Waals surface area contributed by atoms with Gasteiger partial charge in [-0.25, -0.2) is 0 Å². The fraction of sp³-hybridized carbons (Fsp3) is 0.235. The van der Waals surface area contributed by atoms with Crippen molar-refractivity contribution in [1.82, 2.24) is 15.1 Å². The van der Waals surface area contributed by atoms with Gasteiger partial charge in [-0.1, -0.05) is 24.3 Å². The topological polar surface area (TPSA) is 72.1 Å². The first-order valence-electron chi connectivity index (χ1n) is 7.38. The molecule has 1 aromatic carbocycles. The minimum atomic E-state index is -0.204. The molecule has 6 heteroatoms. The molecule has 118 valence electrons. The molecule has 2 aromatic heterocycles. The third-order valence-corrected chi connectivity index (χ3v) is 4.87. The number of carbonyl (C=O) groups excluding carboxylic acids is 1. The van der Waals surface area contributed by atoms with Crippen LogP contribution in [0.4, 0.5) is 5.69 Å². The lowest BCUT2D eigenvalue weighted by Gasteiger charge is -2.24. The zero-order valence-electron chi connectivity index (χ0n) is 13.1. The molecule has 0 aliphatic heterocycles. The number of hydrogen-bond donors (Lipinski definition) is 1. The second-order valence-corrected chi connectivity index (χ2v) is 6.56. The predicted molar refractivity (Wildman–Crippen MR) is 93.5 cm³/mol. The normalized spacial score (nSPS) is 12.3. The van der Waals surface area contributed by atoms with E-state index < -0.39 is 0 Å². The number of aromatic nitrogens is 2. The van der Waals surface area contributed by atoms with Gasteiger partial charge in [0.25, 0.3) is 5.91 Å². The number of likely N-dealkylation sites (N-methyl/N-ethyl adjacent to an activating group) is 1. The van der Waals surface area contributed by atoms with Crippen molar-refractivity contribution in [1.29, 1.82) is 0 Å². The average Bonchev–Trinajstić information content (AvgIpc) is 3.07. The largest absolute Gasteiger partial charge is 0.396 e. The van der Waals surface area contributed by atoms with Crippen LogP contribution < -0.4 is 5.73 Å². The van der Waals surface area contributed by atoms with E-state index in [0.717, 1.165) is 11.8 Å². The summed E-state index contributed by atoms with van der Waals surface area (Å²) in [6, 6.07) is 11.6. The number of benzene rings is 1. The maximum atomic E-state index is 12.7. The summed E-state index contributed by atoms with van der Waals surface area (Å²) in [5.41, 5.74) is 7.43. The van der Waals surface area contributed by atoms with Gasteiger partial charge < -0.3 is 10.6 Å². The fourth-order valence-electron chi connectivity index (χ4n) is 2.46. The van der Waals surface area contributed by atoms with E-state index in [0.29, 0.717) is 11.2 Å². The molecule has 0 spiro atoms. The van der Waals surface area contributed by atoms with Crippen molar-refractivity contribution in [3.8, 4) is 0 Å². The lowest BCUT2D eigenvalue weighted by molar-refractivity contribution is 0.0738. The Morgan fingerprint density at radius 1 is 1.26 bits per heavy atom. The maximum absolute atomic E-state index is 12.7. The first kappa shape index (κ1) is 15.4. The lowest BCUT2D eigenvalue weighted by Crippen LogP contribution is -2.37. The van der Waals surface area contributed by atoms with E-state index in [9.17, 15) is 4.79 Å². The molecule has 0 aliphatic carbocycles. The Hall–Kier alpha value is -2.47. The van der Waals surface area contributed by atoms with E-state index >= 15 is 0 Å². The molecule has 0 saturated heterocycles. The molecule has 3 rings (SSSR count). The Bertz CT molecular complexity index is 832. The summed E-state index contributed by atoms with van der Waals surface area (Å²) >= 11 is 1.69. The van der Waals surface area contributed by atoms with Crippen molar-refractivity contribution in [2.75, 3.05) is 12.8 Å². The van der Waals surface area contributed by atoms with Crippen LogP contribution in [0.25, 0.3) is 10.9 Å². The Morgan fingerprint density at radius 2 is 2.04 bits per heavy atom. The maximum Gasteiger partial charge on any atom is 0.276 e. The van der Waals surface area contributed by atoms with Crippen LogP contribution in [0.5, 0.6) is 0 Å². The molecular weight excluding hydrogens is 308 g/mol. The molecule has 1 atom stereocenters. The Kier molecular flexibility index (Phi) is 4.25. The van der Waals surface area contributed by atoms with E-state index in [1.54, 1.807) is 23.3 Å². The number of nitrogens with zero attached hydrogens (tertiary/aromatic N) is 3. The SMILES string of the molecule is CC(Cc1cccs1)N(C)C(=O)c1nnc2ccccc2c1N. The first-order chi connectivity index (χ1) is 11.1. The van der Waals surface area contributed by atoms with E-state index in [-0.39, 0.29) is 17.6 Å². The van der Waals surface area contributed by atoms with Crippen LogP contribution in [-0.4, -0.2) is 34.1 Å². The third kappa shape index (κ3) is 3.03. The molecule has 2 N–H and O–H groups in total. The van der Waals surface area contributed by atoms with Gasteiger partial charge in [0.05, 0.1) is 11.2 Å². The zero-order chi connectivity index (χ0) is 16.4. The first-order valence-corrected chi connectivity index (χ1v) is 8.26. The van der Waals surface area contributed by atoms with Gasteiger partial charge >= 0.3 is 0 Å². The molecule has 2 heterocycles. The van der Waals surface area contributed by atoms with Crippen LogP contribution in [0.1, 0.15) is 22.3 Å². The quantitative estimate of drug-likeness (QED) is 0.800. The van der Waals surface area contributed by atoms with Crippen molar-refractivity contribution in [3.63, 3.8) is 0 Å². The van der Waals surface area contributed by atoms with Crippen molar-refractivity contribution in [2.45, 2.75) is 19.4 Å². The molecule has 0 saturated carbocycles. The molecule has 3 aromatic rings. The molecule has 23 heavy (non-hydrogen) atoms. The highest BCUT2D eigenvalue weighted by atomic mass is 32.1. The van der Waals surface area contributed by atoms with E-state index in [1.807, 2.05) is 42.6 Å². The average molecular weight is 326 g/mol. The van der Waals surface area contributed by atoms with Gasteiger partial charge in [-0.15, -0.1) is 21.5 Å². The Balaban J connectivity index is 1.86. The van der Waals surface area contributed by atoms with E-state index in [4.69, 9.17) is 5.73 Å². The number of hydrogen-bond acceptors (Lipinski definition) is 5. The van der Waals surface area contributed by atoms with Crippen molar-refractivity contribution in [2.24, 2.45) is 0 Å². The number of nitrogens with two attached hydrogens (primary N) is 1. The van der Waals surface area contributed by atoms with Gasteiger partial charge in [-0.3, -0.25) is 4.79 Å². The summed E-state index contributed by atoms with van der Waals surface area (Å²) in [6.07, 6.45) is 0.806. The van der Waals surface area contributed by atoms with Crippen LogP contribution in [-0.2, 0) is 6.42 Å². The highest BCUT2D eigenvalue weighted by Gasteiger charge is 2.23. The number of rotatable bonds is 4. The van der Waals surface area contributed by atoms with Crippen molar-refractivity contribution in [3.05, 3.63) is 52.3 Å². The smallest absolute Gasteiger partial charge is 0.276 e. The summed E-state index contributed by atoms with van der Waals surface area (Å²) in [6.45, 7) is 2.02. The summed E-state index contributed by atoms with van der Waals surface area (Å²) in [7, 11) is 1.77. The molecular formula is C17H18N4OS. The minimum absolute atomic E-state index is 0.0498. The molecule has 1 amide bonds. The van der Waals surface area contributed by atoms with Crippen LogP contribution in [0, 0.1) is 0 Å². The van der Waals surface area contributed by atoms with Crippen LogP contribution in [0.2, 0.25) is 0 Å². The number of anilines is 1. The zero-order valence-corrected chi connectivity index (χ0v) is 13.9. The van der Waals surface area contributed by atoms with Crippen LogP contribution in [0.15, 0.2) is 41.8 Å². The molecule has 1 unspecified atom stereocenters. The van der Waals surface area contributed by atoms with Gasteiger partial charge in [0, 0.05) is 29.8 Å². The van der Waals surface area contributed by atoms with Crippen LogP contribution in [0.3, 0.4) is 0 Å². The molecule has 0 bridgehead atoms. The Morgan fingerprint density at radius 3 is 2.78 bits per heavy atom. The second-order valence-electron chi connectivity index (χ2n) is 5.53. The van der Waals surface area contributed by atoms with E-state index in [1.165, 1.54) is 4.88 Å². The summed E-state index contributed by atoms with van der Waals surface area (Å²) < 4.78 is 0. The number of carbonyl (C=O) groups is 1. The second kappa shape index (κ2) is 6.34. The fourth-order valence-corrected chi connectivity index (χ4v) is 3.28. The molecule has 0 aliphatic rings. The number of nitrogen functional groups attached to an aromatic ring is 1. The molecule has 0 radical (unpaired) electrons. The monoisotopic (exact) mass is 326 g/mol.